The van der Waals surface area contributed by atoms with E-state index in [0.717, 1.165) is 6.20 Å². The lowest BCUT2D eigenvalue weighted by Crippen LogP contribution is -2.41. The molecular weight excluding hydrogens is 174 g/mol. The Morgan fingerprint density at radius 1 is 1.62 bits per heavy atom. The molecule has 0 bridgehead atoms. The number of carbonyl (C=O) groups excluding carboxylic acids is 1. The first-order valence-corrected chi connectivity index (χ1v) is 3.73. The van der Waals surface area contributed by atoms with Crippen LogP contribution in [0, 0.1) is 0 Å². The van der Waals surface area contributed by atoms with Gasteiger partial charge in [0.15, 0.2) is 0 Å². The minimum absolute atomic E-state index is 0.590. The Morgan fingerprint density at radius 2 is 2.15 bits per heavy atom. The summed E-state index contributed by atoms with van der Waals surface area (Å²) in [6.07, 6.45) is -0.355. The summed E-state index contributed by atoms with van der Waals surface area (Å²) < 4.78 is 5.08. The number of carbonyl (C=O) groups is 1. The van der Waals surface area contributed by atoms with Gasteiger partial charge in [0.2, 0.25) is 6.23 Å². The molecule has 0 fully saturated rings. The molecule has 0 aliphatic heterocycles. The van der Waals surface area contributed by atoms with Gasteiger partial charge in [-0.1, -0.05) is 0 Å². The predicted octanol–water partition coefficient (Wildman–Crippen LogP) is 0.147. The Bertz CT molecular complexity index is 225. The summed E-state index contributed by atoms with van der Waals surface area (Å²) in [6.45, 7) is 5.15. The molecule has 5 nitrogen and oxygen atoms in total. The predicted molar refractivity (Wildman–Crippen MR) is 45.7 cm³/mol. The van der Waals surface area contributed by atoms with Crippen LogP contribution < -0.4 is 5.32 Å². The Morgan fingerprint density at radius 3 is 2.46 bits per heavy atom. The van der Waals surface area contributed by atoms with Gasteiger partial charge in [0, 0.05) is 0 Å². The average molecular weight is 187 g/mol. The molecular formula is C8H13NO4. The van der Waals surface area contributed by atoms with Crippen LogP contribution in [-0.2, 0) is 14.3 Å². The molecule has 0 amide bonds. The lowest BCUT2D eigenvalue weighted by molar-refractivity contribution is -0.162. The van der Waals surface area contributed by atoms with E-state index >= 15 is 0 Å². The first kappa shape index (κ1) is 11.7. The molecule has 0 radical (unpaired) electrons. The number of carboxylic acids is 1. The van der Waals surface area contributed by atoms with E-state index in [1.807, 2.05) is 0 Å². The van der Waals surface area contributed by atoms with Gasteiger partial charge >= 0.3 is 5.97 Å². The van der Waals surface area contributed by atoms with Crippen molar-refractivity contribution in [2.75, 3.05) is 0 Å². The van der Waals surface area contributed by atoms with Crippen LogP contribution >= 0.6 is 0 Å². The van der Waals surface area contributed by atoms with E-state index in [1.165, 1.54) is 5.94 Å². The molecule has 0 aromatic carbocycles. The van der Waals surface area contributed by atoms with Gasteiger partial charge in [0.1, 0.15) is 5.94 Å². The minimum Gasteiger partial charge on any atom is -0.478 e. The van der Waals surface area contributed by atoms with E-state index < -0.39 is 17.8 Å². The molecule has 0 saturated heterocycles. The minimum atomic E-state index is -1.22. The zero-order chi connectivity index (χ0) is 10.5. The number of aliphatic carboxylic acids is 1. The summed E-state index contributed by atoms with van der Waals surface area (Å²) in [4.78, 5) is 20.4. The second kappa shape index (κ2) is 4.64. The third kappa shape index (κ3) is 5.90. The average Bonchev–Trinajstić information content (AvgIpc) is 1.95. The molecule has 0 aliphatic rings. The Kier molecular flexibility index (Phi) is 4.17. The number of hydrogen-bond donors (Lipinski definition) is 2. The normalized spacial score (nSPS) is 12.8. The van der Waals surface area contributed by atoms with Crippen LogP contribution in [0.2, 0.25) is 0 Å². The first-order chi connectivity index (χ1) is 5.87. The molecule has 1 atom stereocenters. The Hall–Kier alpha value is -1.32. The zero-order valence-electron chi connectivity index (χ0n) is 7.83. The third-order valence-electron chi connectivity index (χ3n) is 0.989. The molecule has 5 heteroatoms. The van der Waals surface area contributed by atoms with Crippen molar-refractivity contribution >= 4 is 11.9 Å². The molecule has 0 aromatic heterocycles. The maximum absolute atomic E-state index is 10.5. The van der Waals surface area contributed by atoms with Crippen LogP contribution in [-0.4, -0.2) is 28.8 Å². The standard InChI is InChI=1S/C8H13NO4/c1-8(2,3)13-6(7(11)12)9-4-5-10/h4,6,9H,1-3H3,(H,11,12). The fourth-order valence-corrected chi connectivity index (χ4v) is 0.619. The molecule has 1 unspecified atom stereocenters. The highest BCUT2D eigenvalue weighted by atomic mass is 16.5. The SMILES string of the molecule is CC(C)(C)OC(NC=C=O)C(=O)O. The smallest absolute Gasteiger partial charge is 0.354 e. The van der Waals surface area contributed by atoms with Gasteiger partial charge in [-0.2, -0.15) is 0 Å². The van der Waals surface area contributed by atoms with E-state index in [-0.39, 0.29) is 0 Å². The van der Waals surface area contributed by atoms with Crippen molar-refractivity contribution in [2.24, 2.45) is 0 Å². The highest BCUT2D eigenvalue weighted by Crippen LogP contribution is 2.09. The fourth-order valence-electron chi connectivity index (χ4n) is 0.619. The molecule has 0 heterocycles. The van der Waals surface area contributed by atoms with E-state index in [4.69, 9.17) is 9.84 Å². The van der Waals surface area contributed by atoms with Crippen LogP contribution in [0.1, 0.15) is 20.8 Å². The van der Waals surface area contributed by atoms with Gasteiger partial charge in [-0.15, -0.1) is 0 Å². The van der Waals surface area contributed by atoms with Gasteiger partial charge in [-0.05, 0) is 20.8 Å². The number of rotatable bonds is 4. The van der Waals surface area contributed by atoms with E-state index in [1.54, 1.807) is 20.8 Å². The van der Waals surface area contributed by atoms with Crippen LogP contribution in [0.15, 0.2) is 6.20 Å². The molecule has 2 N–H and O–H groups in total. The number of ether oxygens (including phenoxy) is 1. The Balaban J connectivity index is 4.26. The third-order valence-corrected chi connectivity index (χ3v) is 0.989. The topological polar surface area (TPSA) is 75.6 Å². The molecule has 0 saturated carbocycles. The van der Waals surface area contributed by atoms with Crippen molar-refractivity contribution in [3.63, 3.8) is 0 Å². The molecule has 13 heavy (non-hydrogen) atoms. The Labute approximate surface area is 76.4 Å². The lowest BCUT2D eigenvalue weighted by atomic mass is 10.2. The molecule has 0 aromatic rings. The summed E-state index contributed by atoms with van der Waals surface area (Å²) in [6, 6.07) is 0. The van der Waals surface area contributed by atoms with E-state index in [2.05, 4.69) is 5.32 Å². The van der Waals surface area contributed by atoms with E-state index in [9.17, 15) is 9.59 Å². The molecule has 0 aliphatic carbocycles. The highest BCUT2D eigenvalue weighted by molar-refractivity contribution is 5.72. The monoisotopic (exact) mass is 187 g/mol. The number of carboxylic acid groups (broad SMARTS) is 1. The largest absolute Gasteiger partial charge is 0.478 e. The fraction of sp³-hybridized carbons (Fsp3) is 0.625. The quantitative estimate of drug-likeness (QED) is 0.484. The van der Waals surface area contributed by atoms with Crippen molar-refractivity contribution in [3.05, 3.63) is 6.20 Å². The van der Waals surface area contributed by atoms with Crippen LogP contribution in [0.4, 0.5) is 0 Å². The van der Waals surface area contributed by atoms with Crippen LogP contribution in [0.5, 0.6) is 0 Å². The second-order valence-corrected chi connectivity index (χ2v) is 3.38. The van der Waals surface area contributed by atoms with Gasteiger partial charge in [0.25, 0.3) is 0 Å². The summed E-state index contributed by atoms with van der Waals surface area (Å²) in [7, 11) is 0. The lowest BCUT2D eigenvalue weighted by Gasteiger charge is -2.24. The first-order valence-electron chi connectivity index (χ1n) is 3.73. The van der Waals surface area contributed by atoms with Gasteiger partial charge in [-0.25, -0.2) is 9.59 Å². The van der Waals surface area contributed by atoms with Crippen molar-refractivity contribution in [1.82, 2.24) is 5.32 Å². The van der Waals surface area contributed by atoms with Gasteiger partial charge < -0.3 is 15.2 Å². The number of hydrogen-bond acceptors (Lipinski definition) is 4. The summed E-state index contributed by atoms with van der Waals surface area (Å²) in [5.41, 5.74) is -0.590. The van der Waals surface area contributed by atoms with Gasteiger partial charge in [-0.3, -0.25) is 0 Å². The zero-order valence-corrected chi connectivity index (χ0v) is 7.83. The molecule has 0 spiro atoms. The summed E-state index contributed by atoms with van der Waals surface area (Å²) >= 11 is 0. The van der Waals surface area contributed by atoms with Crippen LogP contribution in [0.3, 0.4) is 0 Å². The van der Waals surface area contributed by atoms with Crippen molar-refractivity contribution in [1.29, 1.82) is 0 Å². The van der Waals surface area contributed by atoms with E-state index in [0.29, 0.717) is 0 Å². The highest BCUT2D eigenvalue weighted by Gasteiger charge is 2.23. The maximum Gasteiger partial charge on any atom is 0.354 e. The summed E-state index contributed by atoms with van der Waals surface area (Å²) in [5.74, 6) is 0.230. The van der Waals surface area contributed by atoms with Gasteiger partial charge in [0.05, 0.1) is 11.8 Å². The number of nitrogens with one attached hydrogen (secondary N) is 1. The van der Waals surface area contributed by atoms with Crippen molar-refractivity contribution in [3.8, 4) is 0 Å². The van der Waals surface area contributed by atoms with Crippen LogP contribution in [0.25, 0.3) is 0 Å². The molecule has 0 rings (SSSR count). The van der Waals surface area contributed by atoms with Crippen molar-refractivity contribution < 1.29 is 19.4 Å². The second-order valence-electron chi connectivity index (χ2n) is 3.38. The molecule has 74 valence electrons. The van der Waals surface area contributed by atoms with Crippen molar-refractivity contribution in [2.45, 2.75) is 32.6 Å². The maximum atomic E-state index is 10.5. The summed E-state index contributed by atoms with van der Waals surface area (Å²) in [5, 5.41) is 10.9.